The summed E-state index contributed by atoms with van der Waals surface area (Å²) in [6.45, 7) is 5.57. The Kier molecular flexibility index (Phi) is 5.12. The molecule has 1 aliphatic rings. The summed E-state index contributed by atoms with van der Waals surface area (Å²) in [5.74, 6) is 0.160. The van der Waals surface area contributed by atoms with Gasteiger partial charge in [-0.2, -0.15) is 0 Å². The average Bonchev–Trinajstić information content (AvgIpc) is 2.61. The zero-order valence-electron chi connectivity index (χ0n) is 15.5. The summed E-state index contributed by atoms with van der Waals surface area (Å²) in [5, 5.41) is 0. The van der Waals surface area contributed by atoms with E-state index in [1.165, 1.54) is 0 Å². The number of rotatable bonds is 2. The van der Waals surface area contributed by atoms with Gasteiger partial charge in [0.05, 0.1) is 12.1 Å². The van der Waals surface area contributed by atoms with Crippen LogP contribution < -0.4 is 0 Å². The minimum absolute atomic E-state index is 0.160. The lowest BCUT2D eigenvalue weighted by Gasteiger charge is -2.42. The molecule has 0 saturated carbocycles. The number of piperidine rings is 1. The topological polar surface area (TPSA) is 46.6 Å². The van der Waals surface area contributed by atoms with E-state index in [1.807, 2.05) is 81.4 Å². The van der Waals surface area contributed by atoms with E-state index < -0.39 is 5.60 Å². The summed E-state index contributed by atoms with van der Waals surface area (Å²) in [5.41, 5.74) is 1.31. The van der Waals surface area contributed by atoms with Crippen LogP contribution in [-0.4, -0.2) is 22.4 Å². The Morgan fingerprint density at radius 3 is 1.69 bits per heavy atom. The standard InChI is InChI=1S/C22H25NO3/c1-22(2,3)26-21(25)23-19(16-10-6-4-7-11-16)14-18(24)15-20(23)17-12-8-5-9-13-17/h4-13,19-20H,14-15H2,1-3H3/t19-,20-/m0/s1. The number of likely N-dealkylation sites (tertiary alicyclic amines) is 1. The van der Waals surface area contributed by atoms with Crippen molar-refractivity contribution in [3.8, 4) is 0 Å². The van der Waals surface area contributed by atoms with E-state index in [9.17, 15) is 9.59 Å². The molecule has 4 heteroatoms. The molecule has 1 saturated heterocycles. The zero-order chi connectivity index (χ0) is 18.7. The van der Waals surface area contributed by atoms with Crippen LogP contribution in [0.25, 0.3) is 0 Å². The molecule has 136 valence electrons. The smallest absolute Gasteiger partial charge is 0.411 e. The van der Waals surface area contributed by atoms with E-state index in [2.05, 4.69) is 0 Å². The van der Waals surface area contributed by atoms with Crippen molar-refractivity contribution in [3.63, 3.8) is 0 Å². The van der Waals surface area contributed by atoms with Gasteiger partial charge in [0.2, 0.25) is 0 Å². The monoisotopic (exact) mass is 351 g/mol. The number of carbonyl (C=O) groups is 2. The van der Waals surface area contributed by atoms with E-state index in [1.54, 1.807) is 4.90 Å². The van der Waals surface area contributed by atoms with E-state index in [-0.39, 0.29) is 24.0 Å². The molecule has 1 heterocycles. The zero-order valence-corrected chi connectivity index (χ0v) is 15.5. The molecule has 2 aromatic carbocycles. The minimum atomic E-state index is -0.596. The van der Waals surface area contributed by atoms with Crippen molar-refractivity contribution in [1.82, 2.24) is 4.90 Å². The van der Waals surface area contributed by atoms with Gasteiger partial charge in [0.25, 0.3) is 0 Å². The maximum atomic E-state index is 13.1. The van der Waals surface area contributed by atoms with E-state index >= 15 is 0 Å². The Balaban J connectivity index is 2.03. The van der Waals surface area contributed by atoms with Crippen molar-refractivity contribution >= 4 is 11.9 Å². The SMILES string of the molecule is CC(C)(C)OC(=O)N1[C@H](c2ccccc2)CC(=O)C[C@H]1c1ccccc1. The first kappa shape index (κ1) is 18.2. The van der Waals surface area contributed by atoms with Crippen LogP contribution in [-0.2, 0) is 9.53 Å². The maximum absolute atomic E-state index is 13.1. The number of hydrogen-bond acceptors (Lipinski definition) is 3. The second kappa shape index (κ2) is 7.32. The molecular weight excluding hydrogens is 326 g/mol. The van der Waals surface area contributed by atoms with Crippen LogP contribution in [0.15, 0.2) is 60.7 Å². The van der Waals surface area contributed by atoms with Crippen LogP contribution >= 0.6 is 0 Å². The fraction of sp³-hybridized carbons (Fsp3) is 0.364. The second-order valence-corrected chi connectivity index (χ2v) is 7.69. The lowest BCUT2D eigenvalue weighted by molar-refractivity contribution is -0.125. The Labute approximate surface area is 154 Å². The normalized spacial score (nSPS) is 20.7. The van der Waals surface area contributed by atoms with Gasteiger partial charge in [-0.1, -0.05) is 60.7 Å². The molecule has 26 heavy (non-hydrogen) atoms. The predicted octanol–water partition coefficient (Wildman–Crippen LogP) is 5.07. The van der Waals surface area contributed by atoms with Crippen molar-refractivity contribution in [2.75, 3.05) is 0 Å². The molecule has 1 fully saturated rings. The number of hydrogen-bond donors (Lipinski definition) is 0. The van der Waals surface area contributed by atoms with Crippen molar-refractivity contribution in [2.45, 2.75) is 51.3 Å². The van der Waals surface area contributed by atoms with E-state index in [0.29, 0.717) is 12.8 Å². The van der Waals surface area contributed by atoms with E-state index in [4.69, 9.17) is 4.74 Å². The van der Waals surface area contributed by atoms with Crippen molar-refractivity contribution in [1.29, 1.82) is 0 Å². The molecule has 2 aromatic rings. The second-order valence-electron chi connectivity index (χ2n) is 7.69. The van der Waals surface area contributed by atoms with Gasteiger partial charge in [0, 0.05) is 12.8 Å². The number of ether oxygens (including phenoxy) is 1. The summed E-state index contributed by atoms with van der Waals surface area (Å²) in [6, 6.07) is 18.8. The lowest BCUT2D eigenvalue weighted by Crippen LogP contribution is -2.45. The van der Waals surface area contributed by atoms with Crippen molar-refractivity contribution in [3.05, 3.63) is 71.8 Å². The fourth-order valence-corrected chi connectivity index (χ4v) is 3.40. The first-order chi connectivity index (χ1) is 12.3. The molecule has 4 nitrogen and oxygen atoms in total. The highest BCUT2D eigenvalue weighted by Crippen LogP contribution is 2.41. The number of Topliss-reactive ketones (excluding diaryl/α,β-unsaturated/α-hetero) is 1. The molecule has 0 N–H and O–H groups in total. The van der Waals surface area contributed by atoms with Gasteiger partial charge in [0.15, 0.2) is 0 Å². The molecule has 0 radical (unpaired) electrons. The molecule has 0 bridgehead atoms. The number of ketones is 1. The lowest BCUT2D eigenvalue weighted by atomic mass is 9.87. The summed E-state index contributed by atoms with van der Waals surface area (Å²) >= 11 is 0. The van der Waals surface area contributed by atoms with Gasteiger partial charge in [-0.05, 0) is 31.9 Å². The quantitative estimate of drug-likeness (QED) is 0.759. The Bertz CT molecular complexity index is 713. The molecular formula is C22H25NO3. The molecule has 1 amide bonds. The predicted molar refractivity (Wildman–Crippen MR) is 101 cm³/mol. The molecule has 1 aliphatic heterocycles. The average molecular weight is 351 g/mol. The summed E-state index contributed by atoms with van der Waals surface area (Å²) < 4.78 is 5.69. The third-order valence-corrected chi connectivity index (χ3v) is 4.49. The van der Waals surface area contributed by atoms with Crippen LogP contribution in [0.5, 0.6) is 0 Å². The number of amides is 1. The summed E-state index contributed by atoms with van der Waals surface area (Å²) in [4.78, 5) is 27.3. The molecule has 0 unspecified atom stereocenters. The molecule has 2 atom stereocenters. The Morgan fingerprint density at radius 2 is 1.31 bits per heavy atom. The van der Waals surface area contributed by atoms with Crippen LogP contribution in [0, 0.1) is 0 Å². The highest BCUT2D eigenvalue weighted by molar-refractivity contribution is 5.83. The number of nitrogens with zero attached hydrogens (tertiary/aromatic N) is 1. The minimum Gasteiger partial charge on any atom is -0.444 e. The first-order valence-electron chi connectivity index (χ1n) is 8.98. The first-order valence-corrected chi connectivity index (χ1v) is 8.98. The van der Waals surface area contributed by atoms with E-state index in [0.717, 1.165) is 11.1 Å². The molecule has 0 spiro atoms. The maximum Gasteiger partial charge on any atom is 0.411 e. The Morgan fingerprint density at radius 1 is 0.885 bits per heavy atom. The molecule has 0 aliphatic carbocycles. The van der Waals surface area contributed by atoms with Gasteiger partial charge < -0.3 is 4.74 Å². The molecule has 3 rings (SSSR count). The van der Waals surface area contributed by atoms with Gasteiger partial charge >= 0.3 is 6.09 Å². The van der Waals surface area contributed by atoms with Gasteiger partial charge in [-0.15, -0.1) is 0 Å². The van der Waals surface area contributed by atoms with Crippen LogP contribution in [0.3, 0.4) is 0 Å². The van der Waals surface area contributed by atoms with Crippen LogP contribution in [0.1, 0.15) is 56.8 Å². The number of benzene rings is 2. The van der Waals surface area contributed by atoms with Gasteiger partial charge in [-0.3, -0.25) is 9.69 Å². The van der Waals surface area contributed by atoms with Crippen LogP contribution in [0.4, 0.5) is 4.79 Å². The highest BCUT2D eigenvalue weighted by atomic mass is 16.6. The van der Waals surface area contributed by atoms with Crippen molar-refractivity contribution < 1.29 is 14.3 Å². The largest absolute Gasteiger partial charge is 0.444 e. The third kappa shape index (κ3) is 4.13. The highest BCUT2D eigenvalue weighted by Gasteiger charge is 2.41. The fourth-order valence-electron chi connectivity index (χ4n) is 3.40. The van der Waals surface area contributed by atoms with Gasteiger partial charge in [-0.25, -0.2) is 4.79 Å². The van der Waals surface area contributed by atoms with Crippen LogP contribution in [0.2, 0.25) is 0 Å². The Hall–Kier alpha value is -2.62. The third-order valence-electron chi connectivity index (χ3n) is 4.49. The summed E-state index contributed by atoms with van der Waals surface area (Å²) in [7, 11) is 0. The van der Waals surface area contributed by atoms with Gasteiger partial charge in [0.1, 0.15) is 11.4 Å². The van der Waals surface area contributed by atoms with Crippen molar-refractivity contribution in [2.24, 2.45) is 0 Å². The molecule has 0 aromatic heterocycles. The number of carbonyl (C=O) groups excluding carboxylic acids is 2. The summed E-state index contributed by atoms with van der Waals surface area (Å²) in [6.07, 6.45) is 0.242.